The topological polar surface area (TPSA) is 80.0 Å². The van der Waals surface area contributed by atoms with Crippen molar-refractivity contribution in [3.8, 4) is 0 Å². The zero-order valence-electron chi connectivity index (χ0n) is 9.54. The molecule has 16 heavy (non-hydrogen) atoms. The van der Waals surface area contributed by atoms with Crippen molar-refractivity contribution in [3.05, 3.63) is 11.7 Å². The molecule has 1 aromatic rings. The lowest BCUT2D eigenvalue weighted by Gasteiger charge is -2.30. The van der Waals surface area contributed by atoms with E-state index in [0.29, 0.717) is 5.89 Å². The van der Waals surface area contributed by atoms with Crippen LogP contribution in [0.15, 0.2) is 4.52 Å². The zero-order valence-corrected chi connectivity index (χ0v) is 9.54. The Labute approximate surface area is 93.8 Å². The van der Waals surface area contributed by atoms with E-state index in [4.69, 9.17) is 4.52 Å². The van der Waals surface area contributed by atoms with Crippen molar-refractivity contribution in [3.63, 3.8) is 0 Å². The number of piperidine rings is 1. The molecular formula is C10H16N4O2. The first-order valence-electron chi connectivity index (χ1n) is 5.43. The number of carbonyl (C=O) groups excluding carboxylic acids is 1. The van der Waals surface area contributed by atoms with Crippen LogP contribution >= 0.6 is 0 Å². The predicted molar refractivity (Wildman–Crippen MR) is 57.1 cm³/mol. The van der Waals surface area contributed by atoms with E-state index in [-0.39, 0.29) is 17.1 Å². The van der Waals surface area contributed by atoms with Crippen LogP contribution < -0.4 is 10.6 Å². The van der Waals surface area contributed by atoms with Gasteiger partial charge < -0.3 is 15.2 Å². The molecule has 0 bridgehead atoms. The zero-order chi connectivity index (χ0) is 11.6. The third kappa shape index (κ3) is 1.92. The van der Waals surface area contributed by atoms with Crippen LogP contribution in [0.5, 0.6) is 0 Å². The lowest BCUT2D eigenvalue weighted by molar-refractivity contribution is 0.0950. The van der Waals surface area contributed by atoms with Crippen molar-refractivity contribution in [2.75, 3.05) is 20.1 Å². The van der Waals surface area contributed by atoms with E-state index in [0.717, 1.165) is 25.9 Å². The lowest BCUT2D eigenvalue weighted by atomic mass is 9.81. The van der Waals surface area contributed by atoms with Crippen LogP contribution in [0.3, 0.4) is 0 Å². The molecule has 6 heteroatoms. The number of hydrogen-bond donors (Lipinski definition) is 2. The first-order chi connectivity index (χ1) is 7.65. The Morgan fingerprint density at radius 1 is 1.50 bits per heavy atom. The Morgan fingerprint density at radius 2 is 2.19 bits per heavy atom. The second-order valence-electron chi connectivity index (χ2n) is 4.31. The van der Waals surface area contributed by atoms with Gasteiger partial charge in [-0.05, 0) is 25.9 Å². The van der Waals surface area contributed by atoms with Crippen molar-refractivity contribution < 1.29 is 9.32 Å². The predicted octanol–water partition coefficient (Wildman–Crippen LogP) is 0.0703. The van der Waals surface area contributed by atoms with Gasteiger partial charge in [0.15, 0.2) is 0 Å². The van der Waals surface area contributed by atoms with Gasteiger partial charge in [0.25, 0.3) is 11.7 Å². The maximum Gasteiger partial charge on any atom is 0.292 e. The Bertz CT molecular complexity index is 382. The van der Waals surface area contributed by atoms with E-state index in [9.17, 15) is 4.79 Å². The molecule has 1 aliphatic heterocycles. The van der Waals surface area contributed by atoms with E-state index in [1.165, 1.54) is 0 Å². The third-order valence-corrected chi connectivity index (χ3v) is 3.08. The van der Waals surface area contributed by atoms with Crippen LogP contribution in [0, 0.1) is 0 Å². The number of aromatic nitrogens is 2. The molecule has 0 spiro atoms. The maximum atomic E-state index is 11.3. The molecule has 2 heterocycles. The highest BCUT2D eigenvalue weighted by Crippen LogP contribution is 2.31. The van der Waals surface area contributed by atoms with E-state index in [2.05, 4.69) is 27.7 Å². The number of carbonyl (C=O) groups is 1. The average molecular weight is 224 g/mol. The minimum Gasteiger partial charge on any atom is -0.352 e. The maximum absolute atomic E-state index is 11.3. The second-order valence-corrected chi connectivity index (χ2v) is 4.31. The largest absolute Gasteiger partial charge is 0.352 e. The Hall–Kier alpha value is -1.43. The summed E-state index contributed by atoms with van der Waals surface area (Å²) in [6.45, 7) is 3.97. The molecule has 1 saturated heterocycles. The highest BCUT2D eigenvalue weighted by Gasteiger charge is 2.34. The summed E-state index contributed by atoms with van der Waals surface area (Å²) in [5, 5.41) is 9.44. The summed E-state index contributed by atoms with van der Waals surface area (Å²) in [5.41, 5.74) is -0.107. The van der Waals surface area contributed by atoms with Crippen LogP contribution in [0.2, 0.25) is 0 Å². The lowest BCUT2D eigenvalue weighted by Crippen LogP contribution is -2.38. The van der Waals surface area contributed by atoms with Gasteiger partial charge >= 0.3 is 0 Å². The van der Waals surface area contributed by atoms with E-state index in [1.54, 1.807) is 7.05 Å². The van der Waals surface area contributed by atoms with Crippen LogP contribution in [-0.4, -0.2) is 36.2 Å². The van der Waals surface area contributed by atoms with Gasteiger partial charge in [0.1, 0.15) is 0 Å². The molecule has 0 aliphatic carbocycles. The summed E-state index contributed by atoms with van der Waals surface area (Å²) >= 11 is 0. The highest BCUT2D eigenvalue weighted by molar-refractivity contribution is 5.89. The molecule has 2 rings (SSSR count). The molecule has 1 aromatic heterocycles. The quantitative estimate of drug-likeness (QED) is 0.743. The molecule has 0 saturated carbocycles. The van der Waals surface area contributed by atoms with Gasteiger partial charge in [-0.25, -0.2) is 0 Å². The van der Waals surface area contributed by atoms with Crippen molar-refractivity contribution in [1.29, 1.82) is 0 Å². The third-order valence-electron chi connectivity index (χ3n) is 3.08. The SMILES string of the molecule is CNC(=O)c1noc(C2(C)CCNCC2)n1. The van der Waals surface area contributed by atoms with Gasteiger partial charge in [-0.15, -0.1) is 0 Å². The van der Waals surface area contributed by atoms with Gasteiger partial charge in [-0.3, -0.25) is 4.79 Å². The van der Waals surface area contributed by atoms with Gasteiger partial charge in [-0.1, -0.05) is 12.1 Å². The van der Waals surface area contributed by atoms with Gasteiger partial charge in [-0.2, -0.15) is 4.98 Å². The molecule has 0 atom stereocenters. The first-order valence-corrected chi connectivity index (χ1v) is 5.43. The molecule has 1 fully saturated rings. The molecule has 2 N–H and O–H groups in total. The number of amides is 1. The van der Waals surface area contributed by atoms with E-state index >= 15 is 0 Å². The molecule has 0 unspecified atom stereocenters. The number of hydrogen-bond acceptors (Lipinski definition) is 5. The van der Waals surface area contributed by atoms with Crippen molar-refractivity contribution in [2.24, 2.45) is 0 Å². The fourth-order valence-electron chi connectivity index (χ4n) is 1.87. The Balaban J connectivity index is 2.20. The van der Waals surface area contributed by atoms with Gasteiger partial charge in [0.2, 0.25) is 5.89 Å². The minimum atomic E-state index is -0.312. The monoisotopic (exact) mass is 224 g/mol. The molecular weight excluding hydrogens is 208 g/mol. The summed E-state index contributed by atoms with van der Waals surface area (Å²) in [4.78, 5) is 15.5. The summed E-state index contributed by atoms with van der Waals surface area (Å²) in [5.74, 6) is 0.359. The van der Waals surface area contributed by atoms with Crippen molar-refractivity contribution >= 4 is 5.91 Å². The Morgan fingerprint density at radius 3 is 2.81 bits per heavy atom. The highest BCUT2D eigenvalue weighted by atomic mass is 16.5. The fourth-order valence-corrected chi connectivity index (χ4v) is 1.87. The molecule has 1 aliphatic rings. The molecule has 0 radical (unpaired) electrons. The number of nitrogens with one attached hydrogen (secondary N) is 2. The molecule has 6 nitrogen and oxygen atoms in total. The first kappa shape index (κ1) is 11.1. The molecule has 1 amide bonds. The summed E-state index contributed by atoms with van der Waals surface area (Å²) in [6.07, 6.45) is 1.89. The average Bonchev–Trinajstić information content (AvgIpc) is 2.79. The van der Waals surface area contributed by atoms with Crippen LogP contribution in [0.1, 0.15) is 36.3 Å². The van der Waals surface area contributed by atoms with Gasteiger partial charge in [0.05, 0.1) is 0 Å². The van der Waals surface area contributed by atoms with Crippen LogP contribution in [-0.2, 0) is 5.41 Å². The summed E-state index contributed by atoms with van der Waals surface area (Å²) in [6, 6.07) is 0. The molecule has 0 aromatic carbocycles. The summed E-state index contributed by atoms with van der Waals surface area (Å²) in [7, 11) is 1.55. The number of nitrogens with zero attached hydrogens (tertiary/aromatic N) is 2. The van der Waals surface area contributed by atoms with Crippen molar-refractivity contribution in [1.82, 2.24) is 20.8 Å². The summed E-state index contributed by atoms with van der Waals surface area (Å²) < 4.78 is 5.18. The Kier molecular flexibility index (Phi) is 2.91. The van der Waals surface area contributed by atoms with E-state index in [1.807, 2.05) is 0 Å². The molecule has 88 valence electrons. The smallest absolute Gasteiger partial charge is 0.292 e. The minimum absolute atomic E-state index is 0.107. The number of rotatable bonds is 2. The second kappa shape index (κ2) is 4.21. The van der Waals surface area contributed by atoms with E-state index < -0.39 is 0 Å². The normalized spacial score (nSPS) is 19.4. The van der Waals surface area contributed by atoms with Crippen molar-refractivity contribution in [2.45, 2.75) is 25.2 Å². The van der Waals surface area contributed by atoms with Gasteiger partial charge in [0, 0.05) is 12.5 Å². The fraction of sp³-hybridized carbons (Fsp3) is 0.700. The standard InChI is InChI=1S/C10H16N4O2/c1-10(3-5-12-6-4-10)9-13-7(14-16-9)8(15)11-2/h12H,3-6H2,1-2H3,(H,11,15). The van der Waals surface area contributed by atoms with Crippen LogP contribution in [0.4, 0.5) is 0 Å². The van der Waals surface area contributed by atoms with Crippen LogP contribution in [0.25, 0.3) is 0 Å².